The predicted molar refractivity (Wildman–Crippen MR) is 126 cm³/mol. The zero-order valence-electron chi connectivity index (χ0n) is 17.1. The van der Waals surface area contributed by atoms with Gasteiger partial charge in [-0.3, -0.25) is 14.5 Å². The third kappa shape index (κ3) is 3.86. The van der Waals surface area contributed by atoms with Crippen molar-refractivity contribution in [3.63, 3.8) is 0 Å². The first-order valence-electron chi connectivity index (χ1n) is 9.78. The summed E-state index contributed by atoms with van der Waals surface area (Å²) in [6, 6.07) is 22.9. The molecular formula is C25H21BrN2O3. The highest BCUT2D eigenvalue weighted by molar-refractivity contribution is 9.10. The monoisotopic (exact) mass is 476 g/mol. The van der Waals surface area contributed by atoms with Gasteiger partial charge in [0.1, 0.15) is 5.76 Å². The number of carbonyl (C=O) groups is 2. The Hall–Kier alpha value is -3.38. The van der Waals surface area contributed by atoms with E-state index in [2.05, 4.69) is 15.9 Å². The SMILES string of the molecule is CN(C)c1ccc(N2C(=O)C(=O)/C(=C(/O)c3ccccc3)[C@H]2c2ccc(Br)cc2)cc1. The van der Waals surface area contributed by atoms with Crippen LogP contribution in [0.4, 0.5) is 11.4 Å². The highest BCUT2D eigenvalue weighted by Gasteiger charge is 2.46. The minimum Gasteiger partial charge on any atom is -0.507 e. The van der Waals surface area contributed by atoms with E-state index in [0.717, 1.165) is 15.7 Å². The normalized spacial score (nSPS) is 17.8. The number of hydrogen-bond donors (Lipinski definition) is 1. The lowest BCUT2D eigenvalue weighted by molar-refractivity contribution is -0.132. The quantitative estimate of drug-likeness (QED) is 0.321. The molecule has 4 rings (SSSR count). The smallest absolute Gasteiger partial charge is 0.300 e. The molecule has 0 bridgehead atoms. The second-order valence-corrected chi connectivity index (χ2v) is 8.41. The van der Waals surface area contributed by atoms with Gasteiger partial charge in [0.25, 0.3) is 11.7 Å². The Balaban J connectivity index is 1.90. The Kier molecular flexibility index (Phi) is 5.65. The number of nitrogens with zero attached hydrogens (tertiary/aromatic N) is 2. The molecule has 156 valence electrons. The van der Waals surface area contributed by atoms with Gasteiger partial charge in [-0.1, -0.05) is 58.4 Å². The molecule has 1 atom stereocenters. The van der Waals surface area contributed by atoms with Crippen molar-refractivity contribution in [1.29, 1.82) is 0 Å². The molecule has 0 aromatic heterocycles. The van der Waals surface area contributed by atoms with Crippen LogP contribution in [0.3, 0.4) is 0 Å². The number of carbonyl (C=O) groups excluding carboxylic acids is 2. The van der Waals surface area contributed by atoms with E-state index >= 15 is 0 Å². The summed E-state index contributed by atoms with van der Waals surface area (Å²) in [5, 5.41) is 11.0. The zero-order chi connectivity index (χ0) is 22.1. The lowest BCUT2D eigenvalue weighted by atomic mass is 9.95. The van der Waals surface area contributed by atoms with E-state index < -0.39 is 17.7 Å². The molecule has 1 amide bonds. The summed E-state index contributed by atoms with van der Waals surface area (Å²) < 4.78 is 0.881. The molecule has 1 aliphatic rings. The summed E-state index contributed by atoms with van der Waals surface area (Å²) in [5.41, 5.74) is 2.87. The number of ketones is 1. The number of amides is 1. The van der Waals surface area contributed by atoms with Crippen LogP contribution in [0.2, 0.25) is 0 Å². The fourth-order valence-corrected chi connectivity index (χ4v) is 3.99. The van der Waals surface area contributed by atoms with E-state index in [4.69, 9.17) is 0 Å². The van der Waals surface area contributed by atoms with Gasteiger partial charge < -0.3 is 10.0 Å². The molecule has 0 spiro atoms. The maximum atomic E-state index is 13.1. The van der Waals surface area contributed by atoms with Crippen LogP contribution in [-0.4, -0.2) is 30.9 Å². The van der Waals surface area contributed by atoms with Crippen LogP contribution in [0, 0.1) is 0 Å². The Bertz CT molecular complexity index is 1150. The first-order chi connectivity index (χ1) is 14.9. The fraction of sp³-hybridized carbons (Fsp3) is 0.120. The average Bonchev–Trinajstić information content (AvgIpc) is 3.05. The van der Waals surface area contributed by atoms with Crippen LogP contribution in [-0.2, 0) is 9.59 Å². The molecule has 3 aromatic carbocycles. The van der Waals surface area contributed by atoms with Crippen molar-refractivity contribution in [2.45, 2.75) is 6.04 Å². The lowest BCUT2D eigenvalue weighted by Crippen LogP contribution is -2.29. The minimum atomic E-state index is -0.737. The number of rotatable bonds is 4. The molecule has 0 unspecified atom stereocenters. The lowest BCUT2D eigenvalue weighted by Gasteiger charge is -2.26. The van der Waals surface area contributed by atoms with Crippen LogP contribution in [0.25, 0.3) is 5.76 Å². The minimum absolute atomic E-state index is 0.0789. The summed E-state index contributed by atoms with van der Waals surface area (Å²) in [7, 11) is 3.87. The summed E-state index contributed by atoms with van der Waals surface area (Å²) in [4.78, 5) is 29.7. The van der Waals surface area contributed by atoms with Crippen molar-refractivity contribution in [2.75, 3.05) is 23.9 Å². The number of hydrogen-bond acceptors (Lipinski definition) is 4. The standard InChI is InChI=1S/C25H21BrN2O3/c1-27(2)19-12-14-20(15-13-19)28-22(16-8-10-18(26)11-9-16)21(24(30)25(28)31)23(29)17-6-4-3-5-7-17/h3-15,22,29H,1-2H3/b23-21+/t22-/m1/s1. The van der Waals surface area contributed by atoms with Crippen LogP contribution < -0.4 is 9.80 Å². The van der Waals surface area contributed by atoms with Crippen LogP contribution >= 0.6 is 15.9 Å². The van der Waals surface area contributed by atoms with Gasteiger partial charge in [-0.05, 0) is 42.0 Å². The Morgan fingerprint density at radius 1 is 0.903 bits per heavy atom. The molecule has 1 N–H and O–H groups in total. The van der Waals surface area contributed by atoms with Gasteiger partial charge in [-0.25, -0.2) is 0 Å². The average molecular weight is 477 g/mol. The first kappa shape index (κ1) is 20.9. The maximum Gasteiger partial charge on any atom is 0.300 e. The van der Waals surface area contributed by atoms with Crippen molar-refractivity contribution >= 4 is 44.8 Å². The third-order valence-corrected chi connectivity index (χ3v) is 5.85. The highest BCUT2D eigenvalue weighted by atomic mass is 79.9. The Morgan fingerprint density at radius 3 is 2.10 bits per heavy atom. The molecule has 3 aromatic rings. The van der Waals surface area contributed by atoms with Crippen molar-refractivity contribution in [1.82, 2.24) is 0 Å². The van der Waals surface area contributed by atoms with Crippen LogP contribution in [0.15, 0.2) is 88.9 Å². The number of benzene rings is 3. The van der Waals surface area contributed by atoms with Crippen LogP contribution in [0.1, 0.15) is 17.2 Å². The van der Waals surface area contributed by atoms with Crippen molar-refractivity contribution in [2.24, 2.45) is 0 Å². The van der Waals surface area contributed by atoms with Crippen molar-refractivity contribution in [3.8, 4) is 0 Å². The highest BCUT2D eigenvalue weighted by Crippen LogP contribution is 2.42. The Labute approximate surface area is 189 Å². The van der Waals surface area contributed by atoms with E-state index in [9.17, 15) is 14.7 Å². The van der Waals surface area contributed by atoms with Gasteiger partial charge in [0, 0.05) is 35.5 Å². The molecule has 0 radical (unpaired) electrons. The van der Waals surface area contributed by atoms with E-state index in [0.29, 0.717) is 11.3 Å². The summed E-state index contributed by atoms with van der Waals surface area (Å²) >= 11 is 3.43. The molecule has 1 saturated heterocycles. The van der Waals surface area contributed by atoms with Gasteiger partial charge in [0.2, 0.25) is 0 Å². The second-order valence-electron chi connectivity index (χ2n) is 7.50. The molecule has 1 heterocycles. The van der Waals surface area contributed by atoms with E-state index in [-0.39, 0.29) is 11.3 Å². The number of anilines is 2. The number of Topliss-reactive ketones (excluding diaryl/α,β-unsaturated/α-hetero) is 1. The molecule has 0 aliphatic carbocycles. The molecular weight excluding hydrogens is 456 g/mol. The van der Waals surface area contributed by atoms with Gasteiger partial charge in [0.15, 0.2) is 0 Å². The molecule has 31 heavy (non-hydrogen) atoms. The largest absolute Gasteiger partial charge is 0.507 e. The van der Waals surface area contributed by atoms with E-state index in [1.54, 1.807) is 24.3 Å². The fourth-order valence-electron chi connectivity index (χ4n) is 3.72. The van der Waals surface area contributed by atoms with Gasteiger partial charge in [0.05, 0.1) is 11.6 Å². The molecule has 0 saturated carbocycles. The summed E-state index contributed by atoms with van der Waals surface area (Å²) in [5.74, 6) is -1.55. The van der Waals surface area contributed by atoms with E-state index in [1.807, 2.05) is 73.6 Å². The third-order valence-electron chi connectivity index (χ3n) is 5.32. The van der Waals surface area contributed by atoms with Crippen LogP contribution in [0.5, 0.6) is 0 Å². The topological polar surface area (TPSA) is 60.9 Å². The van der Waals surface area contributed by atoms with Crippen molar-refractivity contribution < 1.29 is 14.7 Å². The number of halogens is 1. The molecule has 5 nitrogen and oxygen atoms in total. The maximum absolute atomic E-state index is 13.1. The second kappa shape index (κ2) is 8.40. The van der Waals surface area contributed by atoms with Crippen molar-refractivity contribution in [3.05, 3.63) is 100 Å². The molecule has 6 heteroatoms. The predicted octanol–water partition coefficient (Wildman–Crippen LogP) is 5.14. The van der Waals surface area contributed by atoms with E-state index in [1.165, 1.54) is 4.90 Å². The number of aliphatic hydroxyl groups is 1. The summed E-state index contributed by atoms with van der Waals surface area (Å²) in [6.07, 6.45) is 0. The molecule has 1 fully saturated rings. The summed E-state index contributed by atoms with van der Waals surface area (Å²) in [6.45, 7) is 0. The Morgan fingerprint density at radius 2 is 1.52 bits per heavy atom. The zero-order valence-corrected chi connectivity index (χ0v) is 18.7. The van der Waals surface area contributed by atoms with Gasteiger partial charge in [-0.2, -0.15) is 0 Å². The van der Waals surface area contributed by atoms with Gasteiger partial charge in [-0.15, -0.1) is 0 Å². The first-order valence-corrected chi connectivity index (χ1v) is 10.6. The molecule has 1 aliphatic heterocycles. The van der Waals surface area contributed by atoms with Gasteiger partial charge >= 0.3 is 0 Å². The number of aliphatic hydroxyl groups excluding tert-OH is 1.